The van der Waals surface area contributed by atoms with E-state index in [4.69, 9.17) is 4.98 Å². The number of carbonyl (C=O) groups is 1. The maximum absolute atomic E-state index is 10.9. The number of hydrogen-bond acceptors (Lipinski definition) is 5. The standard InChI is InChI=1S/C24H29N3OS/c1-4-21-16-26(15-20-12-18(3)11-19(14-20)7-10-28)8-9-27(21)24-25-22-6-5-17(2)13-23(22)29-24/h5-6,10-14,21H,4,7-9,15-16H2,1-3H3/t21-/m0/s1. The van der Waals surface area contributed by atoms with Gasteiger partial charge in [-0.15, -0.1) is 0 Å². The van der Waals surface area contributed by atoms with E-state index in [1.807, 2.05) is 11.3 Å². The number of rotatable bonds is 6. The Morgan fingerprint density at radius 3 is 2.72 bits per heavy atom. The molecule has 4 nitrogen and oxygen atoms in total. The summed E-state index contributed by atoms with van der Waals surface area (Å²) in [5, 5.41) is 1.15. The SMILES string of the molecule is CC[C@H]1CN(Cc2cc(C)cc(CC=O)c2)CCN1c1nc2ccc(C)cc2s1. The lowest BCUT2D eigenvalue weighted by atomic mass is 10.0. The molecular formula is C24H29N3OS. The predicted molar refractivity (Wildman–Crippen MR) is 122 cm³/mol. The zero-order valence-electron chi connectivity index (χ0n) is 17.5. The first kappa shape index (κ1) is 20.0. The van der Waals surface area contributed by atoms with E-state index >= 15 is 0 Å². The number of aromatic nitrogens is 1. The summed E-state index contributed by atoms with van der Waals surface area (Å²) in [6, 6.07) is 13.5. The Morgan fingerprint density at radius 2 is 1.93 bits per heavy atom. The number of benzene rings is 2. The lowest BCUT2D eigenvalue weighted by Gasteiger charge is -2.41. The largest absolute Gasteiger partial charge is 0.343 e. The summed E-state index contributed by atoms with van der Waals surface area (Å²) in [5.74, 6) is 0. The molecule has 0 bridgehead atoms. The molecule has 1 fully saturated rings. The first-order valence-electron chi connectivity index (χ1n) is 10.4. The van der Waals surface area contributed by atoms with Crippen LogP contribution in [0, 0.1) is 13.8 Å². The molecule has 2 aromatic carbocycles. The van der Waals surface area contributed by atoms with E-state index in [0.717, 1.165) is 55.1 Å². The van der Waals surface area contributed by atoms with Crippen LogP contribution in [0.5, 0.6) is 0 Å². The Kier molecular flexibility index (Phi) is 5.97. The monoisotopic (exact) mass is 407 g/mol. The van der Waals surface area contributed by atoms with E-state index in [1.165, 1.54) is 21.4 Å². The molecule has 0 amide bonds. The van der Waals surface area contributed by atoms with Crippen LogP contribution in [0.2, 0.25) is 0 Å². The number of carbonyl (C=O) groups excluding carboxylic acids is 1. The van der Waals surface area contributed by atoms with Gasteiger partial charge in [0.25, 0.3) is 0 Å². The zero-order valence-corrected chi connectivity index (χ0v) is 18.3. The molecule has 29 heavy (non-hydrogen) atoms. The van der Waals surface area contributed by atoms with Crippen molar-refractivity contribution in [1.29, 1.82) is 0 Å². The zero-order chi connectivity index (χ0) is 20.4. The number of fused-ring (bicyclic) bond motifs is 1. The lowest BCUT2D eigenvalue weighted by Crippen LogP contribution is -2.52. The summed E-state index contributed by atoms with van der Waals surface area (Å²) < 4.78 is 1.28. The fourth-order valence-corrected chi connectivity index (χ4v) is 5.48. The van der Waals surface area contributed by atoms with Gasteiger partial charge in [-0.3, -0.25) is 4.90 Å². The number of nitrogens with zero attached hydrogens (tertiary/aromatic N) is 3. The average Bonchev–Trinajstić information content (AvgIpc) is 3.10. The van der Waals surface area contributed by atoms with Gasteiger partial charge >= 0.3 is 0 Å². The minimum absolute atomic E-state index is 0.477. The van der Waals surface area contributed by atoms with E-state index < -0.39 is 0 Å². The molecule has 2 heterocycles. The summed E-state index contributed by atoms with van der Waals surface area (Å²) in [6.45, 7) is 10.5. The molecule has 0 saturated carbocycles. The van der Waals surface area contributed by atoms with E-state index in [-0.39, 0.29) is 0 Å². The molecular weight excluding hydrogens is 378 g/mol. The van der Waals surface area contributed by atoms with Gasteiger partial charge < -0.3 is 9.69 Å². The molecule has 3 aromatic rings. The van der Waals surface area contributed by atoms with Crippen molar-refractivity contribution in [3.05, 3.63) is 58.7 Å². The molecule has 1 saturated heterocycles. The highest BCUT2D eigenvalue weighted by molar-refractivity contribution is 7.22. The third-order valence-corrected chi connectivity index (χ3v) is 6.79. The van der Waals surface area contributed by atoms with Gasteiger partial charge in [0.05, 0.1) is 10.2 Å². The smallest absolute Gasteiger partial charge is 0.186 e. The molecule has 0 unspecified atom stereocenters. The second-order valence-corrected chi connectivity index (χ2v) is 9.16. The molecule has 5 heteroatoms. The van der Waals surface area contributed by atoms with Crippen molar-refractivity contribution >= 4 is 33.0 Å². The van der Waals surface area contributed by atoms with Crippen LogP contribution in [-0.4, -0.2) is 41.8 Å². The van der Waals surface area contributed by atoms with Crippen LogP contribution in [0.15, 0.2) is 36.4 Å². The number of anilines is 1. The Morgan fingerprint density at radius 1 is 1.10 bits per heavy atom. The molecule has 0 spiro atoms. The fraction of sp³-hybridized carbons (Fsp3) is 0.417. The van der Waals surface area contributed by atoms with Crippen LogP contribution >= 0.6 is 11.3 Å². The minimum atomic E-state index is 0.477. The maximum Gasteiger partial charge on any atom is 0.186 e. The number of hydrogen-bond donors (Lipinski definition) is 0. The molecule has 1 aliphatic heterocycles. The second-order valence-electron chi connectivity index (χ2n) is 8.16. The molecule has 4 rings (SSSR count). The van der Waals surface area contributed by atoms with Gasteiger partial charge in [0, 0.05) is 38.6 Å². The highest BCUT2D eigenvalue weighted by Gasteiger charge is 2.28. The topological polar surface area (TPSA) is 36.4 Å². The molecule has 0 N–H and O–H groups in total. The van der Waals surface area contributed by atoms with Gasteiger partial charge in [0.1, 0.15) is 6.29 Å². The predicted octanol–water partition coefficient (Wildman–Crippen LogP) is 4.76. The highest BCUT2D eigenvalue weighted by Crippen LogP contribution is 2.32. The molecule has 0 radical (unpaired) electrons. The van der Waals surface area contributed by atoms with Gasteiger partial charge in [0.2, 0.25) is 0 Å². The van der Waals surface area contributed by atoms with Crippen LogP contribution in [0.25, 0.3) is 10.2 Å². The number of thiazole rings is 1. The number of aldehydes is 1. The molecule has 1 aromatic heterocycles. The fourth-order valence-electron chi connectivity index (χ4n) is 4.32. The van der Waals surface area contributed by atoms with Crippen LogP contribution in [-0.2, 0) is 17.8 Å². The Bertz CT molecular complexity index is 1010. The van der Waals surface area contributed by atoms with Crippen LogP contribution in [0.3, 0.4) is 0 Å². The van der Waals surface area contributed by atoms with E-state index in [2.05, 4.69) is 67.0 Å². The van der Waals surface area contributed by atoms with Gasteiger partial charge in [0.15, 0.2) is 5.13 Å². The normalized spacial score (nSPS) is 17.8. The average molecular weight is 408 g/mol. The Labute approximate surface area is 177 Å². The van der Waals surface area contributed by atoms with Gasteiger partial charge in [-0.05, 0) is 49.1 Å². The second kappa shape index (κ2) is 8.64. The van der Waals surface area contributed by atoms with Gasteiger partial charge in [-0.2, -0.15) is 0 Å². The minimum Gasteiger partial charge on any atom is -0.343 e. The summed E-state index contributed by atoms with van der Waals surface area (Å²) in [5.41, 5.74) is 6.05. The van der Waals surface area contributed by atoms with Gasteiger partial charge in [-0.25, -0.2) is 4.98 Å². The Hall–Kier alpha value is -2.24. The van der Waals surface area contributed by atoms with Crippen molar-refractivity contribution in [2.75, 3.05) is 24.5 Å². The first-order valence-corrected chi connectivity index (χ1v) is 11.3. The van der Waals surface area contributed by atoms with E-state index in [9.17, 15) is 4.79 Å². The summed E-state index contributed by atoms with van der Waals surface area (Å²) in [7, 11) is 0. The Balaban J connectivity index is 1.49. The molecule has 0 aliphatic carbocycles. The summed E-state index contributed by atoms with van der Waals surface area (Å²) in [6.07, 6.45) is 2.59. The number of piperazine rings is 1. The van der Waals surface area contributed by atoms with Crippen molar-refractivity contribution in [3.63, 3.8) is 0 Å². The summed E-state index contributed by atoms with van der Waals surface area (Å²) >= 11 is 1.81. The lowest BCUT2D eigenvalue weighted by molar-refractivity contribution is -0.107. The van der Waals surface area contributed by atoms with E-state index in [0.29, 0.717) is 12.5 Å². The number of aryl methyl sites for hydroxylation is 2. The van der Waals surface area contributed by atoms with Crippen molar-refractivity contribution in [3.8, 4) is 0 Å². The molecule has 1 atom stereocenters. The third-order valence-electron chi connectivity index (χ3n) is 5.74. The first-order chi connectivity index (χ1) is 14.1. The highest BCUT2D eigenvalue weighted by atomic mass is 32.1. The van der Waals surface area contributed by atoms with Crippen molar-refractivity contribution in [1.82, 2.24) is 9.88 Å². The van der Waals surface area contributed by atoms with Gasteiger partial charge in [-0.1, -0.05) is 48.1 Å². The van der Waals surface area contributed by atoms with Crippen molar-refractivity contribution in [2.45, 2.75) is 46.2 Å². The third kappa shape index (κ3) is 4.51. The maximum atomic E-state index is 10.9. The quantitative estimate of drug-likeness (QED) is 0.552. The van der Waals surface area contributed by atoms with Crippen molar-refractivity contribution in [2.24, 2.45) is 0 Å². The van der Waals surface area contributed by atoms with E-state index in [1.54, 1.807) is 0 Å². The molecule has 152 valence electrons. The van der Waals surface area contributed by atoms with Crippen molar-refractivity contribution < 1.29 is 4.79 Å². The van der Waals surface area contributed by atoms with Crippen LogP contribution < -0.4 is 4.90 Å². The molecule has 1 aliphatic rings. The van der Waals surface area contributed by atoms with Crippen LogP contribution in [0.1, 0.15) is 35.6 Å². The summed E-state index contributed by atoms with van der Waals surface area (Å²) in [4.78, 5) is 20.9. The van der Waals surface area contributed by atoms with Crippen LogP contribution in [0.4, 0.5) is 5.13 Å².